The van der Waals surface area contributed by atoms with E-state index in [1.807, 2.05) is 101 Å². The lowest BCUT2D eigenvalue weighted by Gasteiger charge is -2.35. The SMILES string of the molecule is Cc1ncsc1-c1ccc(CNC(=O)[C@@H]2C[C@@H](O)CN2C(=O)[C@@H](NC(=O)COCCOCCOCCOCCOc2ccc(NC(=O)c3c(-c4ccccc4)c(-c4ccc(F)cc4)n(CC[C@@H](O)C[C@@H](O)CC(=O)O)c3C(C)C)cc2)C(C)(C)C)cc1. The quantitative estimate of drug-likeness (QED) is 0.0192. The van der Waals surface area contributed by atoms with Gasteiger partial charge in [0.25, 0.3) is 5.91 Å². The fraction of sp³-hybridized carbons (Fsp3) is 0.446. The number of nitrogens with zero attached hydrogens (tertiary/aromatic N) is 3. The Labute approximate surface area is 511 Å². The van der Waals surface area contributed by atoms with Gasteiger partial charge in [-0.25, -0.2) is 9.37 Å². The molecule has 87 heavy (non-hydrogen) atoms. The van der Waals surface area contributed by atoms with Crippen molar-refractivity contribution in [2.45, 2.75) is 117 Å². The van der Waals surface area contributed by atoms with E-state index in [0.717, 1.165) is 27.3 Å². The molecule has 4 amide bonds. The third-order valence-electron chi connectivity index (χ3n) is 14.6. The summed E-state index contributed by atoms with van der Waals surface area (Å²) in [7, 11) is 0. The first-order chi connectivity index (χ1) is 41.7. The smallest absolute Gasteiger partial charge is 0.305 e. The topological polar surface area (TPSA) is 270 Å². The minimum Gasteiger partial charge on any atom is -0.491 e. The number of benzene rings is 4. The summed E-state index contributed by atoms with van der Waals surface area (Å²) >= 11 is 1.56. The van der Waals surface area contributed by atoms with Gasteiger partial charge in [0.15, 0.2) is 0 Å². The number of halogens is 1. The van der Waals surface area contributed by atoms with Gasteiger partial charge in [-0.2, -0.15) is 0 Å². The molecule has 5 atom stereocenters. The summed E-state index contributed by atoms with van der Waals surface area (Å²) in [4.78, 5) is 73.1. The molecule has 7 N–H and O–H groups in total. The van der Waals surface area contributed by atoms with Crippen LogP contribution < -0.4 is 20.7 Å². The fourth-order valence-electron chi connectivity index (χ4n) is 10.3. The van der Waals surface area contributed by atoms with Gasteiger partial charge >= 0.3 is 5.97 Å². The van der Waals surface area contributed by atoms with Crippen molar-refractivity contribution in [2.24, 2.45) is 5.41 Å². The van der Waals surface area contributed by atoms with Crippen molar-refractivity contribution in [3.05, 3.63) is 137 Å². The first-order valence-electron chi connectivity index (χ1n) is 29.2. The minimum atomic E-state index is -1.24. The molecule has 1 aliphatic heterocycles. The molecule has 0 spiro atoms. The zero-order chi connectivity index (χ0) is 62.6. The second kappa shape index (κ2) is 32.5. The molecule has 6 aromatic rings. The normalized spacial score (nSPS) is 15.3. The Kier molecular flexibility index (Phi) is 25.1. The first-order valence-corrected chi connectivity index (χ1v) is 30.1. The predicted molar refractivity (Wildman–Crippen MR) is 328 cm³/mol. The average Bonchev–Trinajstić information content (AvgIpc) is 1.64. The lowest BCUT2D eigenvalue weighted by Crippen LogP contribution is -2.58. The number of carboxylic acids is 1. The van der Waals surface area contributed by atoms with E-state index in [0.29, 0.717) is 59.3 Å². The number of hydrogen-bond donors (Lipinski definition) is 7. The Bertz CT molecular complexity index is 3190. The third-order valence-corrected chi connectivity index (χ3v) is 15.5. The molecule has 2 aromatic heterocycles. The number of aliphatic carboxylic acids is 1. The highest BCUT2D eigenvalue weighted by Crippen LogP contribution is 2.43. The number of amides is 4. The van der Waals surface area contributed by atoms with Gasteiger partial charge in [0.2, 0.25) is 17.7 Å². The molecule has 1 saturated heterocycles. The number of aliphatic hydroxyl groups is 3. The van der Waals surface area contributed by atoms with Crippen LogP contribution in [0, 0.1) is 18.2 Å². The Morgan fingerprint density at radius 3 is 2.00 bits per heavy atom. The van der Waals surface area contributed by atoms with E-state index < -0.39 is 71.7 Å². The molecule has 0 bridgehead atoms. The largest absolute Gasteiger partial charge is 0.491 e. The van der Waals surface area contributed by atoms with Gasteiger partial charge in [0, 0.05) is 43.0 Å². The van der Waals surface area contributed by atoms with E-state index in [4.69, 9.17) is 28.8 Å². The summed E-state index contributed by atoms with van der Waals surface area (Å²) in [6.45, 7) is 13.4. The summed E-state index contributed by atoms with van der Waals surface area (Å²) in [6.07, 6.45) is -3.62. The number of hydrogen-bond acceptors (Lipinski definition) is 15. The minimum absolute atomic E-state index is 0.0403. The van der Waals surface area contributed by atoms with Crippen LogP contribution in [0.25, 0.3) is 32.8 Å². The number of rotatable bonds is 33. The number of carbonyl (C=O) groups is 5. The van der Waals surface area contributed by atoms with Crippen LogP contribution in [0.5, 0.6) is 5.75 Å². The van der Waals surface area contributed by atoms with Crippen molar-refractivity contribution in [1.29, 1.82) is 0 Å². The molecule has 0 saturated carbocycles. The molecule has 20 nitrogen and oxygen atoms in total. The maximum absolute atomic E-state index is 14.6. The summed E-state index contributed by atoms with van der Waals surface area (Å²) in [5.74, 6) is -3.03. The van der Waals surface area contributed by atoms with Gasteiger partial charge in [-0.1, -0.05) is 89.2 Å². The average molecular weight is 1220 g/mol. The van der Waals surface area contributed by atoms with Gasteiger partial charge in [-0.15, -0.1) is 11.3 Å². The molecule has 4 aromatic carbocycles. The van der Waals surface area contributed by atoms with Gasteiger partial charge < -0.3 is 69.5 Å². The summed E-state index contributed by atoms with van der Waals surface area (Å²) < 4.78 is 44.6. The molecule has 468 valence electrons. The zero-order valence-corrected chi connectivity index (χ0v) is 51.0. The second-order valence-electron chi connectivity index (χ2n) is 22.8. The van der Waals surface area contributed by atoms with Crippen LogP contribution in [0.2, 0.25) is 0 Å². The first kappa shape index (κ1) is 67.1. The number of likely N-dealkylation sites (tertiary alicyclic amines) is 1. The van der Waals surface area contributed by atoms with Gasteiger partial charge in [0.05, 0.1) is 98.3 Å². The number of anilines is 1. The van der Waals surface area contributed by atoms with E-state index in [2.05, 4.69) is 20.9 Å². The predicted octanol–water partition coefficient (Wildman–Crippen LogP) is 8.00. The summed E-state index contributed by atoms with van der Waals surface area (Å²) in [5, 5.41) is 49.7. The highest BCUT2D eigenvalue weighted by atomic mass is 32.1. The highest BCUT2D eigenvalue weighted by molar-refractivity contribution is 7.13. The molecule has 0 aliphatic carbocycles. The van der Waals surface area contributed by atoms with Gasteiger partial charge in [-0.05, 0) is 102 Å². The third kappa shape index (κ3) is 19.5. The maximum Gasteiger partial charge on any atom is 0.305 e. The number of ether oxygens (including phenoxy) is 5. The van der Waals surface area contributed by atoms with E-state index in [1.54, 1.807) is 53.2 Å². The van der Waals surface area contributed by atoms with Crippen molar-refractivity contribution < 1.29 is 72.5 Å². The number of aliphatic hydroxyl groups excluding tert-OH is 3. The molecule has 7 rings (SSSR count). The zero-order valence-electron chi connectivity index (χ0n) is 50.2. The summed E-state index contributed by atoms with van der Waals surface area (Å²) in [6, 6.07) is 28.2. The fourth-order valence-corrected chi connectivity index (χ4v) is 11.2. The van der Waals surface area contributed by atoms with E-state index >= 15 is 0 Å². The lowest BCUT2D eigenvalue weighted by molar-refractivity contribution is -0.144. The number of carbonyl (C=O) groups excluding carboxylic acids is 4. The van der Waals surface area contributed by atoms with Crippen LogP contribution in [-0.2, 0) is 51.2 Å². The number of nitrogens with one attached hydrogen (secondary N) is 3. The van der Waals surface area contributed by atoms with Crippen LogP contribution in [0.1, 0.15) is 93.5 Å². The Morgan fingerprint density at radius 1 is 0.782 bits per heavy atom. The van der Waals surface area contributed by atoms with Crippen molar-refractivity contribution in [1.82, 2.24) is 25.1 Å². The Balaban J connectivity index is 0.794. The van der Waals surface area contributed by atoms with Crippen molar-refractivity contribution >= 4 is 46.6 Å². The highest BCUT2D eigenvalue weighted by Gasteiger charge is 2.44. The van der Waals surface area contributed by atoms with Gasteiger partial charge in [-0.3, -0.25) is 24.0 Å². The van der Waals surface area contributed by atoms with Crippen molar-refractivity contribution in [2.75, 3.05) is 71.3 Å². The van der Waals surface area contributed by atoms with Crippen molar-refractivity contribution in [3.63, 3.8) is 0 Å². The second-order valence-corrected chi connectivity index (χ2v) is 23.6. The number of β-amino-alcohol motifs (C(OH)–C–C–N with tert-alkyl or cyclic N) is 1. The van der Waals surface area contributed by atoms with Crippen molar-refractivity contribution in [3.8, 4) is 38.6 Å². The molecule has 0 radical (unpaired) electrons. The Hall–Kier alpha value is -7.41. The monoisotopic (exact) mass is 1220 g/mol. The maximum atomic E-state index is 14.6. The number of aromatic nitrogens is 2. The molecule has 1 fully saturated rings. The summed E-state index contributed by atoms with van der Waals surface area (Å²) in [5.41, 5.74) is 8.15. The van der Waals surface area contributed by atoms with E-state index in [1.165, 1.54) is 17.0 Å². The molecular weight excluding hydrogens is 1140 g/mol. The van der Waals surface area contributed by atoms with Crippen LogP contribution in [0.3, 0.4) is 0 Å². The Morgan fingerprint density at radius 2 is 1.40 bits per heavy atom. The van der Waals surface area contributed by atoms with Crippen LogP contribution in [0.4, 0.5) is 10.1 Å². The van der Waals surface area contributed by atoms with E-state index in [-0.39, 0.29) is 90.4 Å². The molecule has 1 aliphatic rings. The molecule has 3 heterocycles. The number of carboxylic acid groups (broad SMARTS) is 1. The van der Waals surface area contributed by atoms with Crippen LogP contribution in [-0.4, -0.2) is 161 Å². The molecular formula is C65H81FN6O14S. The molecule has 22 heteroatoms. The lowest BCUT2D eigenvalue weighted by atomic mass is 9.85. The molecule has 0 unspecified atom stereocenters. The van der Waals surface area contributed by atoms with Gasteiger partial charge in [0.1, 0.15) is 36.9 Å². The van der Waals surface area contributed by atoms with E-state index in [9.17, 15) is 43.7 Å². The number of aryl methyl sites for hydroxylation is 1. The standard InChI is InChI=1S/C65H81FN6O14S/c1-41(2)58-57(56(44-10-8-7-9-11-44)59(45-16-18-47(66)19-17-45)71(58)25-24-49(73)34-50(74)36-55(77)78)63(80)69-48-20-22-52(23-21-48)86-33-32-84-29-28-82-26-27-83-30-31-85-39-54(76)70-61(65(4,5)6)64(81)72-38-51(75)35-53(72)62(79)67-37-43-12-14-46(15-13-43)60-42(3)68-40-87-60/h7-23,40-41,49-51,53,61,73-75H,24-39H2,1-6H3,(H,67,79)(H,69,80)(H,70,76)(H,77,78)/t49-,50-,51-,53+,61-/m1/s1. The van der Waals surface area contributed by atoms with Crippen LogP contribution in [0.15, 0.2) is 109 Å². The van der Waals surface area contributed by atoms with Crippen LogP contribution >= 0.6 is 11.3 Å². The number of thiazole rings is 1.